The molecule has 356 valence electrons. The maximum atomic E-state index is 10.8. The van der Waals surface area contributed by atoms with E-state index >= 15 is 0 Å². The van der Waals surface area contributed by atoms with E-state index in [1.165, 1.54) is 4.90 Å². The highest BCUT2D eigenvalue weighted by atomic mass is 16.4. The molecule has 0 aliphatic carbocycles. The van der Waals surface area contributed by atoms with E-state index < -0.39 is 137 Å². The number of hydrogen-bond donors (Lipinski definition) is 21. The molecule has 24 heteroatoms. The molecule has 0 spiro atoms. The van der Waals surface area contributed by atoms with Crippen LogP contribution in [0, 0.1) is 0 Å². The van der Waals surface area contributed by atoms with Crippen molar-refractivity contribution in [3.63, 3.8) is 0 Å². The van der Waals surface area contributed by atoms with Crippen LogP contribution in [-0.4, -0.2) is 313 Å². The van der Waals surface area contributed by atoms with E-state index in [4.69, 9.17) is 15.3 Å². The molecule has 24 nitrogen and oxygen atoms in total. The second kappa shape index (κ2) is 31.8. The second-order valence-electron chi connectivity index (χ2n) is 15.1. The molecule has 0 aliphatic heterocycles. The Morgan fingerprint density at radius 2 is 0.525 bits per heavy atom. The van der Waals surface area contributed by atoms with Gasteiger partial charge in [-0.2, -0.15) is 0 Å². The summed E-state index contributed by atoms with van der Waals surface area (Å²) < 4.78 is 0. The number of unbranched alkanes of at least 4 members (excludes halogenated alkanes) is 1. The van der Waals surface area contributed by atoms with Gasteiger partial charge in [0, 0.05) is 26.2 Å². The van der Waals surface area contributed by atoms with Gasteiger partial charge < -0.3 is 117 Å². The van der Waals surface area contributed by atoms with Gasteiger partial charge in [-0.25, -0.2) is 0 Å². The largest absolute Gasteiger partial charge is 0.394 e. The van der Waals surface area contributed by atoms with E-state index in [1.54, 1.807) is 11.9 Å². The van der Waals surface area contributed by atoms with Crippen molar-refractivity contribution in [1.29, 1.82) is 0 Å². The maximum Gasteiger partial charge on any atom is 0.111 e. The molecule has 0 rings (SSSR count). The number of nitrogens with one attached hydrogen (secondary N) is 1. The molecular formula is C35H76N4O20. The van der Waals surface area contributed by atoms with Gasteiger partial charge in [0.2, 0.25) is 0 Å². The lowest BCUT2D eigenvalue weighted by atomic mass is 10.0. The van der Waals surface area contributed by atoms with E-state index in [2.05, 4.69) is 5.32 Å². The molecule has 0 aromatic carbocycles. The Kier molecular flexibility index (Phi) is 31.3. The van der Waals surface area contributed by atoms with Crippen LogP contribution in [0.3, 0.4) is 0 Å². The summed E-state index contributed by atoms with van der Waals surface area (Å²) in [5.74, 6) is 0. The average Bonchev–Trinajstić information content (AvgIpc) is 3.23. The highest BCUT2D eigenvalue weighted by Gasteiger charge is 2.35. The Balaban J connectivity index is 6.08. The lowest BCUT2D eigenvalue weighted by Gasteiger charge is -2.34. The van der Waals surface area contributed by atoms with Crippen LogP contribution in [-0.2, 0) is 0 Å². The molecule has 0 aromatic heterocycles. The topological polar surface area (TPSA) is 426 Å². The summed E-state index contributed by atoms with van der Waals surface area (Å²) in [7, 11) is 1.75. The van der Waals surface area contributed by atoms with E-state index in [1.807, 2.05) is 4.90 Å². The van der Waals surface area contributed by atoms with Crippen molar-refractivity contribution in [2.75, 3.05) is 98.9 Å². The summed E-state index contributed by atoms with van der Waals surface area (Å²) in [6.45, 7) is -3.42. The third kappa shape index (κ3) is 21.8. The molecule has 59 heavy (non-hydrogen) atoms. The standard InChI is InChI=1S/C35H76N4O20/c1-36-6-4-9-37(12-20(44)28(52)32(56)24(48)16-40)7-2-3-8-38(13-21(45)29(53)33(57)25(49)17-41)10-5-11-39(14-22(46)30(54)34(58)26(50)18-42)15-23(47)31(55)35(59)27(51)19-43/h20-36,40-59H,2-19H2,1H3. The number of rotatable bonds is 37. The van der Waals surface area contributed by atoms with Gasteiger partial charge in [-0.1, -0.05) is 0 Å². The summed E-state index contributed by atoms with van der Waals surface area (Å²) in [6.07, 6.45) is -27.6. The van der Waals surface area contributed by atoms with Crippen LogP contribution >= 0.6 is 0 Å². The number of aliphatic hydroxyl groups is 20. The fourth-order valence-corrected chi connectivity index (χ4v) is 6.26. The molecule has 0 aromatic rings. The molecule has 16 unspecified atom stereocenters. The fourth-order valence-electron chi connectivity index (χ4n) is 6.26. The van der Waals surface area contributed by atoms with Gasteiger partial charge in [0.25, 0.3) is 0 Å². The summed E-state index contributed by atoms with van der Waals surface area (Å²) in [5.41, 5.74) is 0. The van der Waals surface area contributed by atoms with Crippen molar-refractivity contribution in [1.82, 2.24) is 20.0 Å². The smallest absolute Gasteiger partial charge is 0.111 e. The van der Waals surface area contributed by atoms with Crippen LogP contribution in [0.25, 0.3) is 0 Å². The first-order valence-corrected chi connectivity index (χ1v) is 19.9. The molecule has 21 N–H and O–H groups in total. The molecule has 0 bridgehead atoms. The SMILES string of the molecule is CNCCCN(CCCCN(CCCN(CC(O)C(O)C(O)C(O)CO)CC(O)C(O)C(O)C(O)CO)CC(O)C(O)C(O)C(O)CO)CC(O)C(O)C(O)C(O)CO. The molecule has 0 saturated heterocycles. The Morgan fingerprint density at radius 3 is 0.797 bits per heavy atom. The third-order valence-corrected chi connectivity index (χ3v) is 10.1. The van der Waals surface area contributed by atoms with Crippen molar-refractivity contribution in [3.8, 4) is 0 Å². The molecule has 0 radical (unpaired) electrons. The monoisotopic (exact) mass is 873 g/mol. The Bertz CT molecular complexity index is 993. The Labute approximate surface area is 344 Å². The first-order valence-electron chi connectivity index (χ1n) is 19.9. The highest BCUT2D eigenvalue weighted by Crippen LogP contribution is 2.14. The predicted octanol–water partition coefficient (Wildman–Crippen LogP) is -11.6. The van der Waals surface area contributed by atoms with Crippen molar-refractivity contribution < 1.29 is 102 Å². The van der Waals surface area contributed by atoms with E-state index in [9.17, 15) is 86.8 Å². The minimum atomic E-state index is -2.00. The molecule has 0 amide bonds. The second-order valence-corrected chi connectivity index (χ2v) is 15.1. The van der Waals surface area contributed by atoms with Crippen LogP contribution < -0.4 is 5.32 Å². The minimum Gasteiger partial charge on any atom is -0.394 e. The first kappa shape index (κ1) is 58.0. The molecule has 0 saturated carbocycles. The van der Waals surface area contributed by atoms with Gasteiger partial charge in [-0.05, 0) is 72.0 Å². The number of nitrogens with zero attached hydrogens (tertiary/aromatic N) is 3. The lowest BCUT2D eigenvalue weighted by molar-refractivity contribution is -0.130. The summed E-state index contributed by atoms with van der Waals surface area (Å²) >= 11 is 0. The van der Waals surface area contributed by atoms with E-state index in [0.29, 0.717) is 38.9 Å². The summed E-state index contributed by atoms with van der Waals surface area (Å²) in [5, 5.41) is 203. The van der Waals surface area contributed by atoms with Crippen molar-refractivity contribution >= 4 is 0 Å². The molecule has 0 aliphatic rings. The molecule has 0 heterocycles. The molecule has 0 fully saturated rings. The van der Waals surface area contributed by atoms with Crippen molar-refractivity contribution in [3.05, 3.63) is 0 Å². The first-order chi connectivity index (χ1) is 27.7. The fraction of sp³-hybridized carbons (Fsp3) is 1.00. The number of aliphatic hydroxyl groups excluding tert-OH is 20. The summed E-state index contributed by atoms with van der Waals surface area (Å²) in [4.78, 5) is 4.76. The Morgan fingerprint density at radius 1 is 0.305 bits per heavy atom. The van der Waals surface area contributed by atoms with Crippen LogP contribution in [0.1, 0.15) is 25.7 Å². The zero-order chi connectivity index (χ0) is 45.4. The van der Waals surface area contributed by atoms with Crippen LogP contribution in [0.5, 0.6) is 0 Å². The van der Waals surface area contributed by atoms with Crippen LogP contribution in [0.2, 0.25) is 0 Å². The molecule has 16 atom stereocenters. The Hall–Kier alpha value is -0.960. The van der Waals surface area contributed by atoms with Gasteiger partial charge >= 0.3 is 0 Å². The zero-order valence-electron chi connectivity index (χ0n) is 33.8. The number of hydrogen-bond acceptors (Lipinski definition) is 24. The van der Waals surface area contributed by atoms with Gasteiger partial charge in [-0.3, -0.25) is 4.90 Å². The maximum absolute atomic E-state index is 10.8. The van der Waals surface area contributed by atoms with Crippen LogP contribution in [0.15, 0.2) is 0 Å². The van der Waals surface area contributed by atoms with Crippen LogP contribution in [0.4, 0.5) is 0 Å². The zero-order valence-corrected chi connectivity index (χ0v) is 33.8. The molecular weight excluding hydrogens is 796 g/mol. The quantitative estimate of drug-likeness (QED) is 0.0258. The van der Waals surface area contributed by atoms with Gasteiger partial charge in [0.1, 0.15) is 73.2 Å². The normalized spacial score (nSPS) is 20.9. The van der Waals surface area contributed by atoms with Gasteiger partial charge in [0.15, 0.2) is 0 Å². The highest BCUT2D eigenvalue weighted by molar-refractivity contribution is 4.87. The minimum absolute atomic E-state index is 0.0673. The lowest BCUT2D eigenvalue weighted by Crippen LogP contribution is -2.53. The van der Waals surface area contributed by atoms with Crippen molar-refractivity contribution in [2.24, 2.45) is 0 Å². The van der Waals surface area contributed by atoms with Crippen molar-refractivity contribution in [2.45, 2.75) is 123 Å². The predicted molar refractivity (Wildman–Crippen MR) is 206 cm³/mol. The average molecular weight is 873 g/mol. The van der Waals surface area contributed by atoms with E-state index in [-0.39, 0.29) is 39.1 Å². The van der Waals surface area contributed by atoms with Gasteiger partial charge in [-0.15, -0.1) is 0 Å². The van der Waals surface area contributed by atoms with Gasteiger partial charge in [0.05, 0.1) is 50.8 Å². The van der Waals surface area contributed by atoms with E-state index in [0.717, 1.165) is 0 Å². The third-order valence-electron chi connectivity index (χ3n) is 10.1. The summed E-state index contributed by atoms with van der Waals surface area (Å²) in [6, 6.07) is 0.